The van der Waals surface area contributed by atoms with Crippen LogP contribution in [0, 0.1) is 0 Å². The summed E-state index contributed by atoms with van der Waals surface area (Å²) in [5, 5.41) is 19.4. The number of ether oxygens (including phenoxy) is 1. The SMILES string of the molecule is COc1cc([C@H]2C3=C(CCCC3=O)Nc3nc(SCc4ccccc4Cl)nn32)ccc1O. The van der Waals surface area contributed by atoms with Crippen LogP contribution in [0.3, 0.4) is 0 Å². The Labute approximate surface area is 194 Å². The monoisotopic (exact) mass is 468 g/mol. The number of thioether (sulfide) groups is 1. The van der Waals surface area contributed by atoms with Gasteiger partial charge >= 0.3 is 0 Å². The van der Waals surface area contributed by atoms with Gasteiger partial charge in [-0.1, -0.05) is 47.6 Å². The van der Waals surface area contributed by atoms with E-state index in [4.69, 9.17) is 21.4 Å². The Kier molecular flexibility index (Phi) is 5.57. The van der Waals surface area contributed by atoms with Crippen LogP contribution in [0.25, 0.3) is 0 Å². The minimum atomic E-state index is -0.439. The normalized spacial score (nSPS) is 17.6. The first-order chi connectivity index (χ1) is 15.5. The van der Waals surface area contributed by atoms with Crippen molar-refractivity contribution in [2.75, 3.05) is 12.4 Å². The Morgan fingerprint density at radius 2 is 2.12 bits per heavy atom. The van der Waals surface area contributed by atoms with Crippen molar-refractivity contribution in [2.45, 2.75) is 36.2 Å². The number of phenols is 1. The molecule has 2 aliphatic rings. The molecule has 0 bridgehead atoms. The summed E-state index contributed by atoms with van der Waals surface area (Å²) in [5.41, 5.74) is 3.40. The lowest BCUT2D eigenvalue weighted by Gasteiger charge is -2.32. The van der Waals surface area contributed by atoms with Crippen molar-refractivity contribution in [3.63, 3.8) is 0 Å². The summed E-state index contributed by atoms with van der Waals surface area (Å²) in [7, 11) is 1.50. The number of halogens is 1. The number of allylic oxidation sites excluding steroid dienone is 2. The first-order valence-corrected chi connectivity index (χ1v) is 11.6. The highest BCUT2D eigenvalue weighted by Crippen LogP contribution is 2.42. The smallest absolute Gasteiger partial charge is 0.227 e. The number of methoxy groups -OCH3 is 1. The predicted octanol–water partition coefficient (Wildman–Crippen LogP) is 4.96. The van der Waals surface area contributed by atoms with Gasteiger partial charge in [-0.3, -0.25) is 4.79 Å². The lowest BCUT2D eigenvalue weighted by Crippen LogP contribution is -2.31. The van der Waals surface area contributed by atoms with Crippen molar-refractivity contribution in [2.24, 2.45) is 0 Å². The van der Waals surface area contributed by atoms with Gasteiger partial charge in [0.25, 0.3) is 0 Å². The summed E-state index contributed by atoms with van der Waals surface area (Å²) in [6.07, 6.45) is 2.09. The van der Waals surface area contributed by atoms with Crippen molar-refractivity contribution >= 4 is 35.1 Å². The quantitative estimate of drug-likeness (QED) is 0.511. The maximum atomic E-state index is 12.9. The number of benzene rings is 2. The molecule has 0 saturated heterocycles. The van der Waals surface area contributed by atoms with Crippen LogP contribution in [0.15, 0.2) is 58.9 Å². The van der Waals surface area contributed by atoms with E-state index in [2.05, 4.69) is 10.3 Å². The molecule has 0 amide bonds. The first-order valence-electron chi connectivity index (χ1n) is 10.3. The van der Waals surface area contributed by atoms with Gasteiger partial charge < -0.3 is 15.2 Å². The molecule has 2 heterocycles. The summed E-state index contributed by atoms with van der Waals surface area (Å²) in [5.74, 6) is 1.72. The standard InChI is InChI=1S/C23H21ClN4O3S/c1-31-19-11-13(9-10-17(19)29)21-20-16(7-4-8-18(20)30)25-22-26-23(27-28(21)22)32-12-14-5-2-3-6-15(14)24/h2-3,5-6,9-11,21,29H,4,7-8,12H2,1H3,(H,25,26,27)/t21-/m0/s1. The van der Waals surface area contributed by atoms with Gasteiger partial charge in [-0.2, -0.15) is 4.98 Å². The van der Waals surface area contributed by atoms with Crippen LogP contribution >= 0.6 is 23.4 Å². The summed E-state index contributed by atoms with van der Waals surface area (Å²) in [6, 6.07) is 12.4. The zero-order valence-corrected chi connectivity index (χ0v) is 18.9. The average Bonchev–Trinajstić information content (AvgIpc) is 3.20. The Hall–Kier alpha value is -2.97. The molecule has 7 nitrogen and oxygen atoms in total. The molecule has 164 valence electrons. The van der Waals surface area contributed by atoms with E-state index >= 15 is 0 Å². The van der Waals surface area contributed by atoms with Gasteiger partial charge in [0.15, 0.2) is 17.3 Å². The Bertz CT molecular complexity index is 1240. The fourth-order valence-corrected chi connectivity index (χ4v) is 5.24. The number of carbonyl (C=O) groups is 1. The molecule has 1 aliphatic heterocycles. The lowest BCUT2D eigenvalue weighted by molar-refractivity contribution is -0.116. The third-order valence-corrected chi connectivity index (χ3v) is 6.94. The second-order valence-electron chi connectivity index (χ2n) is 7.67. The highest BCUT2D eigenvalue weighted by atomic mass is 35.5. The van der Waals surface area contributed by atoms with E-state index in [1.165, 1.54) is 18.9 Å². The summed E-state index contributed by atoms with van der Waals surface area (Å²) in [6.45, 7) is 0. The highest BCUT2D eigenvalue weighted by Gasteiger charge is 2.37. The number of hydrogen-bond donors (Lipinski definition) is 2. The third-order valence-electron chi connectivity index (χ3n) is 5.68. The van der Waals surface area contributed by atoms with Gasteiger partial charge in [0.2, 0.25) is 11.1 Å². The summed E-state index contributed by atoms with van der Waals surface area (Å²) in [4.78, 5) is 17.6. The number of Topliss-reactive ketones (excluding diaryl/α,β-unsaturated/α-hetero) is 1. The van der Waals surface area contributed by atoms with E-state index < -0.39 is 6.04 Å². The van der Waals surface area contributed by atoms with Gasteiger partial charge in [-0.05, 0) is 42.2 Å². The largest absolute Gasteiger partial charge is 0.504 e. The molecule has 3 aromatic rings. The van der Waals surface area contributed by atoms with Gasteiger partial charge in [0.05, 0.1) is 7.11 Å². The van der Waals surface area contributed by atoms with E-state index in [9.17, 15) is 9.90 Å². The number of nitrogens with one attached hydrogen (secondary N) is 1. The molecule has 1 atom stereocenters. The van der Waals surface area contributed by atoms with E-state index in [1.54, 1.807) is 22.9 Å². The molecule has 0 unspecified atom stereocenters. The maximum Gasteiger partial charge on any atom is 0.227 e. The van der Waals surface area contributed by atoms with Gasteiger partial charge in [-0.25, -0.2) is 4.68 Å². The number of phenolic OH excluding ortho intramolecular Hbond substituents is 1. The second-order valence-corrected chi connectivity index (χ2v) is 9.02. The summed E-state index contributed by atoms with van der Waals surface area (Å²) >= 11 is 7.77. The number of anilines is 1. The molecule has 0 spiro atoms. The van der Waals surface area contributed by atoms with E-state index in [0.29, 0.717) is 39.6 Å². The first kappa shape index (κ1) is 20.9. The molecule has 0 radical (unpaired) electrons. The molecular weight excluding hydrogens is 448 g/mol. The van der Waals surface area contributed by atoms with Gasteiger partial charge in [0, 0.05) is 28.5 Å². The van der Waals surface area contributed by atoms with Crippen LogP contribution in [0.5, 0.6) is 11.5 Å². The number of rotatable bonds is 5. The molecule has 2 aromatic carbocycles. The highest BCUT2D eigenvalue weighted by molar-refractivity contribution is 7.98. The van der Waals surface area contributed by atoms with Crippen LogP contribution in [-0.4, -0.2) is 32.8 Å². The predicted molar refractivity (Wildman–Crippen MR) is 123 cm³/mol. The van der Waals surface area contributed by atoms with Gasteiger partial charge in [-0.15, -0.1) is 5.10 Å². The molecule has 1 aliphatic carbocycles. The molecule has 1 aromatic heterocycles. The number of fused-ring (bicyclic) bond motifs is 1. The van der Waals surface area contributed by atoms with Crippen molar-refractivity contribution in [3.8, 4) is 11.5 Å². The molecule has 32 heavy (non-hydrogen) atoms. The Balaban J connectivity index is 1.54. The van der Waals surface area contributed by atoms with Crippen molar-refractivity contribution in [3.05, 3.63) is 69.9 Å². The molecule has 0 fully saturated rings. The van der Waals surface area contributed by atoms with Crippen LogP contribution in [0.2, 0.25) is 5.02 Å². The van der Waals surface area contributed by atoms with Crippen LogP contribution in [-0.2, 0) is 10.5 Å². The Morgan fingerprint density at radius 1 is 1.28 bits per heavy atom. The molecule has 5 rings (SSSR count). The lowest BCUT2D eigenvalue weighted by atomic mass is 9.85. The molecule has 2 N–H and O–H groups in total. The number of nitrogens with zero attached hydrogens (tertiary/aromatic N) is 3. The maximum absolute atomic E-state index is 12.9. The van der Waals surface area contributed by atoms with Gasteiger partial charge in [0.1, 0.15) is 6.04 Å². The zero-order valence-electron chi connectivity index (χ0n) is 17.3. The van der Waals surface area contributed by atoms with Crippen LogP contribution in [0.1, 0.15) is 36.4 Å². The number of carbonyl (C=O) groups excluding carboxylic acids is 1. The molecule has 0 saturated carbocycles. The van der Waals surface area contributed by atoms with E-state index in [0.717, 1.165) is 29.7 Å². The topological polar surface area (TPSA) is 89.3 Å². The fourth-order valence-electron chi connectivity index (χ4n) is 4.13. The third kappa shape index (κ3) is 3.73. The molecular formula is C23H21ClN4O3S. The number of aromatic hydroxyl groups is 1. The molecule has 9 heteroatoms. The fraction of sp³-hybridized carbons (Fsp3) is 0.261. The van der Waals surface area contributed by atoms with Crippen LogP contribution in [0.4, 0.5) is 5.95 Å². The summed E-state index contributed by atoms with van der Waals surface area (Å²) < 4.78 is 7.06. The Morgan fingerprint density at radius 3 is 2.94 bits per heavy atom. The number of ketones is 1. The number of aromatic nitrogens is 3. The minimum Gasteiger partial charge on any atom is -0.504 e. The average molecular weight is 469 g/mol. The second kappa shape index (κ2) is 8.52. The van der Waals surface area contributed by atoms with Crippen LogP contribution < -0.4 is 10.1 Å². The van der Waals surface area contributed by atoms with E-state index in [-0.39, 0.29) is 11.5 Å². The van der Waals surface area contributed by atoms with Crippen molar-refractivity contribution in [1.29, 1.82) is 0 Å². The van der Waals surface area contributed by atoms with Crippen molar-refractivity contribution < 1.29 is 14.6 Å². The zero-order chi connectivity index (χ0) is 22.2. The minimum absolute atomic E-state index is 0.0455. The number of hydrogen-bond acceptors (Lipinski definition) is 7. The van der Waals surface area contributed by atoms with E-state index in [1.807, 2.05) is 24.3 Å². The van der Waals surface area contributed by atoms with Crippen molar-refractivity contribution in [1.82, 2.24) is 14.8 Å².